The Morgan fingerprint density at radius 3 is 2.83 bits per heavy atom. The minimum absolute atomic E-state index is 0.302. The standard InChI is InChI=1S/C14H16N2O2/c1-9(17)14-15-13(16-18-14)12-7-6-10-4-2-3-5-11(10)8-12/h2-5,9,12,17H,6-8H2,1H3. The lowest BCUT2D eigenvalue weighted by molar-refractivity contribution is 0.151. The fraction of sp³-hybridized carbons (Fsp3) is 0.429. The summed E-state index contributed by atoms with van der Waals surface area (Å²) in [6.45, 7) is 1.63. The number of aromatic nitrogens is 2. The van der Waals surface area contributed by atoms with Crippen LogP contribution in [0.4, 0.5) is 0 Å². The zero-order valence-electron chi connectivity index (χ0n) is 10.3. The molecule has 0 bridgehead atoms. The first-order chi connectivity index (χ1) is 8.74. The predicted molar refractivity (Wildman–Crippen MR) is 66.1 cm³/mol. The Morgan fingerprint density at radius 1 is 1.33 bits per heavy atom. The van der Waals surface area contributed by atoms with Gasteiger partial charge < -0.3 is 9.63 Å². The number of benzene rings is 1. The van der Waals surface area contributed by atoms with Crippen LogP contribution in [0.5, 0.6) is 0 Å². The third-order valence-corrected chi connectivity index (χ3v) is 3.53. The number of hydrogen-bond acceptors (Lipinski definition) is 4. The van der Waals surface area contributed by atoms with Crippen LogP contribution < -0.4 is 0 Å². The summed E-state index contributed by atoms with van der Waals surface area (Å²) in [6.07, 6.45) is 2.35. The van der Waals surface area contributed by atoms with Crippen molar-refractivity contribution in [1.82, 2.24) is 10.1 Å². The Balaban J connectivity index is 1.83. The molecule has 1 aromatic heterocycles. The molecule has 94 valence electrons. The Labute approximate surface area is 106 Å². The average Bonchev–Trinajstić information content (AvgIpc) is 2.88. The molecule has 0 saturated heterocycles. The van der Waals surface area contributed by atoms with Crippen molar-refractivity contribution in [1.29, 1.82) is 0 Å². The van der Waals surface area contributed by atoms with E-state index in [9.17, 15) is 5.11 Å². The molecule has 0 saturated carbocycles. The van der Waals surface area contributed by atoms with Crippen LogP contribution in [0.15, 0.2) is 28.8 Å². The Hall–Kier alpha value is -1.68. The highest BCUT2D eigenvalue weighted by atomic mass is 16.5. The zero-order valence-corrected chi connectivity index (χ0v) is 10.3. The van der Waals surface area contributed by atoms with Gasteiger partial charge in [0.05, 0.1) is 0 Å². The smallest absolute Gasteiger partial charge is 0.255 e. The zero-order chi connectivity index (χ0) is 12.5. The van der Waals surface area contributed by atoms with Gasteiger partial charge in [-0.05, 0) is 37.3 Å². The first-order valence-corrected chi connectivity index (χ1v) is 6.32. The molecule has 2 atom stereocenters. The molecule has 1 heterocycles. The van der Waals surface area contributed by atoms with Gasteiger partial charge in [-0.2, -0.15) is 4.98 Å². The Morgan fingerprint density at radius 2 is 2.11 bits per heavy atom. The second kappa shape index (κ2) is 4.53. The van der Waals surface area contributed by atoms with Crippen LogP contribution in [0.3, 0.4) is 0 Å². The molecular formula is C14H16N2O2. The normalized spacial score (nSPS) is 20.4. The summed E-state index contributed by atoms with van der Waals surface area (Å²) in [6, 6.07) is 8.50. The van der Waals surface area contributed by atoms with Crippen LogP contribution in [-0.2, 0) is 12.8 Å². The lowest BCUT2D eigenvalue weighted by Gasteiger charge is -2.21. The molecule has 0 amide bonds. The third-order valence-electron chi connectivity index (χ3n) is 3.53. The van der Waals surface area contributed by atoms with E-state index < -0.39 is 6.10 Å². The average molecular weight is 244 g/mol. The van der Waals surface area contributed by atoms with Gasteiger partial charge in [-0.1, -0.05) is 29.4 Å². The molecule has 2 unspecified atom stereocenters. The SMILES string of the molecule is CC(O)c1nc(C2CCc3ccccc3C2)no1. The Bertz CT molecular complexity index is 548. The second-order valence-electron chi connectivity index (χ2n) is 4.88. The molecule has 0 fully saturated rings. The monoisotopic (exact) mass is 244 g/mol. The number of aliphatic hydroxyl groups excluding tert-OH is 1. The maximum Gasteiger partial charge on any atom is 0.255 e. The lowest BCUT2D eigenvalue weighted by atomic mass is 9.83. The molecular weight excluding hydrogens is 228 g/mol. The molecule has 3 rings (SSSR count). The molecule has 4 heteroatoms. The van der Waals surface area contributed by atoms with Crippen molar-refractivity contribution < 1.29 is 9.63 Å². The van der Waals surface area contributed by atoms with Gasteiger partial charge in [0.1, 0.15) is 6.10 Å². The van der Waals surface area contributed by atoms with E-state index in [1.54, 1.807) is 6.92 Å². The van der Waals surface area contributed by atoms with Crippen LogP contribution in [-0.4, -0.2) is 15.2 Å². The fourth-order valence-corrected chi connectivity index (χ4v) is 2.50. The third kappa shape index (κ3) is 2.04. The van der Waals surface area contributed by atoms with Gasteiger partial charge in [0.15, 0.2) is 5.82 Å². The molecule has 4 nitrogen and oxygen atoms in total. The van der Waals surface area contributed by atoms with Crippen molar-refractivity contribution in [2.24, 2.45) is 0 Å². The van der Waals surface area contributed by atoms with Crippen molar-refractivity contribution in [2.45, 2.75) is 38.2 Å². The molecule has 0 radical (unpaired) electrons. The summed E-state index contributed by atoms with van der Waals surface area (Å²) in [5, 5.41) is 13.4. The van der Waals surface area contributed by atoms with Crippen LogP contribution in [0, 0.1) is 0 Å². The van der Waals surface area contributed by atoms with Gasteiger partial charge >= 0.3 is 0 Å². The summed E-state index contributed by atoms with van der Waals surface area (Å²) in [7, 11) is 0. The molecule has 0 spiro atoms. The topological polar surface area (TPSA) is 59.2 Å². The van der Waals surface area contributed by atoms with Crippen molar-refractivity contribution in [3.8, 4) is 0 Å². The summed E-state index contributed by atoms with van der Waals surface area (Å²) in [5.74, 6) is 1.33. The van der Waals surface area contributed by atoms with Gasteiger partial charge in [-0.25, -0.2) is 0 Å². The van der Waals surface area contributed by atoms with Gasteiger partial charge in [0.2, 0.25) is 0 Å². The van der Waals surface area contributed by atoms with Gasteiger partial charge in [-0.3, -0.25) is 0 Å². The summed E-state index contributed by atoms with van der Waals surface area (Å²) in [4.78, 5) is 4.28. The number of rotatable bonds is 2. The molecule has 1 aliphatic rings. The minimum Gasteiger partial charge on any atom is -0.384 e. The maximum absolute atomic E-state index is 9.40. The molecule has 1 aromatic carbocycles. The van der Waals surface area contributed by atoms with Crippen LogP contribution in [0.25, 0.3) is 0 Å². The number of fused-ring (bicyclic) bond motifs is 1. The van der Waals surface area contributed by atoms with Crippen molar-refractivity contribution in [3.05, 3.63) is 47.1 Å². The summed E-state index contributed by atoms with van der Waals surface area (Å²) < 4.78 is 5.06. The highest BCUT2D eigenvalue weighted by molar-refractivity contribution is 5.31. The van der Waals surface area contributed by atoms with Gasteiger partial charge in [0.25, 0.3) is 5.89 Å². The van der Waals surface area contributed by atoms with Crippen LogP contribution in [0.2, 0.25) is 0 Å². The van der Waals surface area contributed by atoms with Crippen LogP contribution >= 0.6 is 0 Å². The van der Waals surface area contributed by atoms with E-state index in [1.165, 1.54) is 11.1 Å². The first kappa shape index (κ1) is 11.4. The summed E-state index contributed by atoms with van der Waals surface area (Å²) in [5.41, 5.74) is 2.80. The first-order valence-electron chi connectivity index (χ1n) is 6.32. The highest BCUT2D eigenvalue weighted by Gasteiger charge is 2.24. The largest absolute Gasteiger partial charge is 0.384 e. The van der Waals surface area contributed by atoms with Crippen LogP contribution in [0.1, 0.15) is 48.2 Å². The Kier molecular flexibility index (Phi) is 2.88. The molecule has 0 aliphatic heterocycles. The van der Waals surface area contributed by atoms with E-state index in [-0.39, 0.29) is 0 Å². The second-order valence-corrected chi connectivity index (χ2v) is 4.88. The van der Waals surface area contributed by atoms with Crippen molar-refractivity contribution in [3.63, 3.8) is 0 Å². The quantitative estimate of drug-likeness (QED) is 0.881. The maximum atomic E-state index is 9.40. The highest BCUT2D eigenvalue weighted by Crippen LogP contribution is 2.31. The number of hydrogen-bond donors (Lipinski definition) is 1. The van der Waals surface area contributed by atoms with Crippen molar-refractivity contribution >= 4 is 0 Å². The molecule has 2 aromatic rings. The minimum atomic E-state index is -0.692. The van der Waals surface area contributed by atoms with E-state index in [4.69, 9.17) is 4.52 Å². The van der Waals surface area contributed by atoms with E-state index >= 15 is 0 Å². The summed E-state index contributed by atoms with van der Waals surface area (Å²) >= 11 is 0. The van der Waals surface area contributed by atoms with Gasteiger partial charge in [0, 0.05) is 5.92 Å². The fourth-order valence-electron chi connectivity index (χ4n) is 2.50. The number of nitrogens with zero attached hydrogens (tertiary/aromatic N) is 2. The van der Waals surface area contributed by atoms with Crippen molar-refractivity contribution in [2.75, 3.05) is 0 Å². The van der Waals surface area contributed by atoms with E-state index in [0.29, 0.717) is 11.8 Å². The predicted octanol–water partition coefficient (Wildman–Crippen LogP) is 2.40. The lowest BCUT2D eigenvalue weighted by Crippen LogP contribution is -2.13. The molecule has 18 heavy (non-hydrogen) atoms. The van der Waals surface area contributed by atoms with E-state index in [0.717, 1.165) is 25.1 Å². The van der Waals surface area contributed by atoms with E-state index in [2.05, 4.69) is 34.4 Å². The number of aliphatic hydroxyl groups is 1. The number of aryl methyl sites for hydroxylation is 1. The molecule has 1 aliphatic carbocycles. The van der Waals surface area contributed by atoms with Gasteiger partial charge in [-0.15, -0.1) is 0 Å². The van der Waals surface area contributed by atoms with E-state index in [1.807, 2.05) is 0 Å². The molecule has 1 N–H and O–H groups in total.